The van der Waals surface area contributed by atoms with E-state index in [-0.39, 0.29) is 11.2 Å². The van der Waals surface area contributed by atoms with Gasteiger partial charge in [-0.2, -0.15) is 0 Å². The molecule has 1 saturated heterocycles. The van der Waals surface area contributed by atoms with Gasteiger partial charge in [0.1, 0.15) is 10.4 Å². The molecule has 4 aromatic rings. The van der Waals surface area contributed by atoms with Crippen LogP contribution in [-0.2, 0) is 13.0 Å². The molecule has 6 nitrogen and oxygen atoms in total. The topological polar surface area (TPSA) is 67.3 Å². The number of aromatic nitrogens is 2. The Labute approximate surface area is 195 Å². The summed E-state index contributed by atoms with van der Waals surface area (Å²) in [5.41, 5.74) is 2.99. The van der Waals surface area contributed by atoms with E-state index in [0.29, 0.717) is 28.6 Å². The van der Waals surface area contributed by atoms with E-state index in [9.17, 15) is 9.59 Å². The van der Waals surface area contributed by atoms with Crippen LogP contribution in [0, 0.1) is 5.92 Å². The second-order valence-corrected chi connectivity index (χ2v) is 10.3. The van der Waals surface area contributed by atoms with E-state index >= 15 is 0 Å². The summed E-state index contributed by atoms with van der Waals surface area (Å²) in [6, 6.07) is 14.3. The van der Waals surface area contributed by atoms with Gasteiger partial charge in [0.2, 0.25) is 0 Å². The zero-order valence-electron chi connectivity index (χ0n) is 18.7. The number of likely N-dealkylation sites (tertiary alicyclic amines) is 1. The molecular formula is C26H27N3O3S. The first-order valence-corrected chi connectivity index (χ1v) is 12.5. The van der Waals surface area contributed by atoms with Crippen LogP contribution in [0.4, 0.5) is 0 Å². The van der Waals surface area contributed by atoms with E-state index in [4.69, 9.17) is 4.74 Å². The Bertz CT molecular complexity index is 1470. The second kappa shape index (κ2) is 8.15. The van der Waals surface area contributed by atoms with Gasteiger partial charge in [-0.3, -0.25) is 9.36 Å². The van der Waals surface area contributed by atoms with E-state index in [1.807, 2.05) is 24.3 Å². The number of nitrogens with one attached hydrogen (secondary N) is 1. The second-order valence-electron chi connectivity index (χ2n) is 9.24. The molecule has 1 N–H and O–H groups in total. The van der Waals surface area contributed by atoms with Crippen LogP contribution < -0.4 is 16.0 Å². The summed E-state index contributed by atoms with van der Waals surface area (Å²) in [5, 5.41) is 0.940. The van der Waals surface area contributed by atoms with Crippen LogP contribution in [0.1, 0.15) is 29.9 Å². The largest absolute Gasteiger partial charge is 0.496 e. The third-order valence-corrected chi connectivity index (χ3v) is 8.60. The molecule has 2 aromatic heterocycles. The van der Waals surface area contributed by atoms with Crippen molar-refractivity contribution in [2.75, 3.05) is 26.7 Å². The third-order valence-electron chi connectivity index (χ3n) is 7.44. The molecule has 0 amide bonds. The van der Waals surface area contributed by atoms with Gasteiger partial charge in [0.25, 0.3) is 5.56 Å². The highest BCUT2D eigenvalue weighted by atomic mass is 32.1. The Balaban J connectivity index is 1.18. The lowest BCUT2D eigenvalue weighted by Gasteiger charge is -2.28. The number of hydrogen-bond acceptors (Lipinski definition) is 5. The van der Waals surface area contributed by atoms with Crippen molar-refractivity contribution in [2.45, 2.75) is 31.7 Å². The minimum Gasteiger partial charge on any atom is -0.496 e. The summed E-state index contributed by atoms with van der Waals surface area (Å²) in [7, 11) is 1.75. The smallest absolute Gasteiger partial charge is 0.328 e. The molecule has 3 heterocycles. The van der Waals surface area contributed by atoms with Gasteiger partial charge in [-0.25, -0.2) is 4.79 Å². The molecule has 2 aliphatic rings. The molecule has 2 aromatic carbocycles. The fraction of sp³-hybridized carbons (Fsp3) is 0.385. The molecule has 1 aliphatic heterocycles. The minimum absolute atomic E-state index is 0.175. The van der Waals surface area contributed by atoms with Crippen LogP contribution >= 0.6 is 11.3 Å². The van der Waals surface area contributed by atoms with Gasteiger partial charge < -0.3 is 14.6 Å². The summed E-state index contributed by atoms with van der Waals surface area (Å²) in [6.45, 7) is 3.45. The predicted molar refractivity (Wildman–Crippen MR) is 133 cm³/mol. The van der Waals surface area contributed by atoms with Crippen molar-refractivity contribution >= 4 is 31.6 Å². The van der Waals surface area contributed by atoms with Crippen molar-refractivity contribution in [1.82, 2.24) is 14.5 Å². The maximum atomic E-state index is 13.1. The molecule has 6 rings (SSSR count). The first-order valence-electron chi connectivity index (χ1n) is 11.7. The van der Waals surface area contributed by atoms with Crippen molar-refractivity contribution in [3.8, 4) is 5.75 Å². The number of aromatic amines is 1. The van der Waals surface area contributed by atoms with Gasteiger partial charge in [0, 0.05) is 35.6 Å². The van der Waals surface area contributed by atoms with E-state index in [1.165, 1.54) is 33.5 Å². The van der Waals surface area contributed by atoms with Crippen molar-refractivity contribution < 1.29 is 4.74 Å². The molecule has 2 atom stereocenters. The number of fused-ring (bicyclic) bond motifs is 6. The average molecular weight is 462 g/mol. The predicted octanol–water partition coefficient (Wildman–Crippen LogP) is 3.97. The summed E-state index contributed by atoms with van der Waals surface area (Å²) < 4.78 is 8.63. The number of benzene rings is 2. The monoisotopic (exact) mass is 461 g/mol. The van der Waals surface area contributed by atoms with Crippen molar-refractivity contribution in [2.24, 2.45) is 5.92 Å². The van der Waals surface area contributed by atoms with Crippen LogP contribution in [0.5, 0.6) is 5.75 Å². The number of hydrogen-bond donors (Lipinski definition) is 1. The van der Waals surface area contributed by atoms with Crippen LogP contribution in [-0.4, -0.2) is 41.2 Å². The number of rotatable bonds is 5. The average Bonchev–Trinajstić information content (AvgIpc) is 3.42. The summed E-state index contributed by atoms with van der Waals surface area (Å²) in [6.07, 6.45) is 3.05. The number of H-pyrrole nitrogens is 1. The van der Waals surface area contributed by atoms with Gasteiger partial charge in [0.05, 0.1) is 12.6 Å². The summed E-state index contributed by atoms with van der Waals surface area (Å²) in [4.78, 5) is 31.2. The quantitative estimate of drug-likeness (QED) is 0.489. The SMILES string of the molecule is COc1cccc2c1CC[C@H]1CN(CCCn3c(=O)[nH]c4c(sc5ccccc54)c3=O)C[C@@H]21. The number of ether oxygens (including phenoxy) is 1. The molecule has 0 spiro atoms. The minimum atomic E-state index is -0.313. The third kappa shape index (κ3) is 3.42. The zero-order valence-corrected chi connectivity index (χ0v) is 19.5. The number of methoxy groups -OCH3 is 1. The van der Waals surface area contributed by atoms with E-state index in [0.717, 1.165) is 48.3 Å². The fourth-order valence-electron chi connectivity index (χ4n) is 5.87. The van der Waals surface area contributed by atoms with E-state index < -0.39 is 0 Å². The van der Waals surface area contributed by atoms with Gasteiger partial charge in [0.15, 0.2) is 0 Å². The van der Waals surface area contributed by atoms with Gasteiger partial charge in [-0.1, -0.05) is 30.3 Å². The van der Waals surface area contributed by atoms with Crippen molar-refractivity contribution in [3.05, 3.63) is 74.4 Å². The van der Waals surface area contributed by atoms with Crippen LogP contribution in [0.2, 0.25) is 0 Å². The standard InChI is InChI=1S/C26H27N3O3S/c1-32-21-8-4-7-17-18(21)11-10-16-14-28(15-20(16)17)12-5-13-29-25(30)24-23(27-26(29)31)19-6-2-3-9-22(19)33-24/h2-4,6-9,16,20H,5,10-15H2,1H3,(H,27,31)/t16-,20+/m0/s1. The van der Waals surface area contributed by atoms with Gasteiger partial charge in [-0.15, -0.1) is 11.3 Å². The Kier molecular flexibility index (Phi) is 5.11. The van der Waals surface area contributed by atoms with E-state index in [1.54, 1.807) is 7.11 Å². The van der Waals surface area contributed by atoms with Crippen LogP contribution in [0.25, 0.3) is 20.3 Å². The van der Waals surface area contributed by atoms with Crippen molar-refractivity contribution in [1.29, 1.82) is 0 Å². The molecule has 1 fully saturated rings. The summed E-state index contributed by atoms with van der Waals surface area (Å²) in [5.74, 6) is 2.23. The molecule has 0 radical (unpaired) electrons. The maximum absolute atomic E-state index is 13.1. The first kappa shape index (κ1) is 20.7. The Morgan fingerprint density at radius 2 is 1.97 bits per heavy atom. The Morgan fingerprint density at radius 3 is 2.85 bits per heavy atom. The normalized spacial score (nSPS) is 20.3. The zero-order chi connectivity index (χ0) is 22.5. The molecule has 0 saturated carbocycles. The van der Waals surface area contributed by atoms with E-state index in [2.05, 4.69) is 28.1 Å². The molecule has 1 aliphatic carbocycles. The van der Waals surface area contributed by atoms with Crippen LogP contribution in [0.3, 0.4) is 0 Å². The Morgan fingerprint density at radius 1 is 1.09 bits per heavy atom. The molecule has 7 heteroatoms. The number of nitrogens with zero attached hydrogens (tertiary/aromatic N) is 2. The van der Waals surface area contributed by atoms with Crippen molar-refractivity contribution in [3.63, 3.8) is 0 Å². The lowest BCUT2D eigenvalue weighted by atomic mass is 9.77. The molecule has 0 bridgehead atoms. The highest BCUT2D eigenvalue weighted by Gasteiger charge is 2.38. The highest BCUT2D eigenvalue weighted by Crippen LogP contribution is 2.44. The number of thiophene rings is 1. The fourth-order valence-corrected chi connectivity index (χ4v) is 6.98. The lowest BCUT2D eigenvalue weighted by Crippen LogP contribution is -2.35. The molecule has 170 valence electrons. The maximum Gasteiger partial charge on any atom is 0.328 e. The van der Waals surface area contributed by atoms with Gasteiger partial charge >= 0.3 is 5.69 Å². The molecular weight excluding hydrogens is 434 g/mol. The summed E-state index contributed by atoms with van der Waals surface area (Å²) >= 11 is 1.46. The Hall–Kier alpha value is -2.90. The highest BCUT2D eigenvalue weighted by molar-refractivity contribution is 7.25. The van der Waals surface area contributed by atoms with Crippen LogP contribution in [0.15, 0.2) is 52.1 Å². The molecule has 33 heavy (non-hydrogen) atoms. The first-order chi connectivity index (χ1) is 16.1. The van der Waals surface area contributed by atoms with Gasteiger partial charge in [-0.05, 0) is 55.0 Å². The molecule has 0 unspecified atom stereocenters. The lowest BCUT2D eigenvalue weighted by molar-refractivity contribution is 0.308.